The van der Waals surface area contributed by atoms with Gasteiger partial charge in [-0.25, -0.2) is 4.79 Å². The number of piperazine rings is 1. The van der Waals surface area contributed by atoms with E-state index in [9.17, 15) is 4.79 Å². The Balaban J connectivity index is 1.36. The third kappa shape index (κ3) is 6.28. The van der Waals surface area contributed by atoms with Crippen LogP contribution in [0.25, 0.3) is 0 Å². The number of urea groups is 1. The van der Waals surface area contributed by atoms with Gasteiger partial charge in [0.2, 0.25) is 0 Å². The number of ether oxygens (including phenoxy) is 1. The average molecular weight is 431 g/mol. The molecule has 0 aromatic heterocycles. The maximum atomic E-state index is 11.2. The van der Waals surface area contributed by atoms with Crippen LogP contribution in [0.4, 0.5) is 16.2 Å². The Morgan fingerprint density at radius 3 is 2.57 bits per heavy atom. The number of benzene rings is 2. The lowest BCUT2D eigenvalue weighted by atomic mass is 10.1. The van der Waals surface area contributed by atoms with Crippen LogP contribution in [-0.2, 0) is 6.42 Å². The Morgan fingerprint density at radius 2 is 1.87 bits per heavy atom. The van der Waals surface area contributed by atoms with Crippen LogP contribution in [0.5, 0.6) is 5.75 Å². The third-order valence-electron chi connectivity index (χ3n) is 5.53. The number of amides is 2. The van der Waals surface area contributed by atoms with Crippen LogP contribution in [-0.4, -0.2) is 50.8 Å². The second-order valence-electron chi connectivity index (χ2n) is 7.61. The zero-order valence-corrected chi connectivity index (χ0v) is 18.3. The van der Waals surface area contributed by atoms with E-state index in [1.165, 1.54) is 18.4 Å². The number of para-hydroxylation sites is 1. The summed E-state index contributed by atoms with van der Waals surface area (Å²) in [6.45, 7) is 5.32. The monoisotopic (exact) mass is 430 g/mol. The first-order valence-corrected chi connectivity index (χ1v) is 10.9. The zero-order valence-electron chi connectivity index (χ0n) is 17.6. The molecule has 3 rings (SSSR count). The van der Waals surface area contributed by atoms with Crippen molar-refractivity contribution in [3.05, 3.63) is 53.1 Å². The van der Waals surface area contributed by atoms with Crippen LogP contribution >= 0.6 is 11.6 Å². The number of anilines is 2. The fourth-order valence-corrected chi connectivity index (χ4v) is 4.16. The van der Waals surface area contributed by atoms with Gasteiger partial charge < -0.3 is 20.7 Å². The minimum atomic E-state index is -0.583. The maximum absolute atomic E-state index is 11.2. The van der Waals surface area contributed by atoms with Gasteiger partial charge in [0.25, 0.3) is 0 Å². The predicted octanol–water partition coefficient (Wildman–Crippen LogP) is 4.37. The molecule has 0 bridgehead atoms. The fourth-order valence-electron chi connectivity index (χ4n) is 3.90. The van der Waals surface area contributed by atoms with E-state index in [-0.39, 0.29) is 0 Å². The number of primary amides is 1. The summed E-state index contributed by atoms with van der Waals surface area (Å²) in [6.07, 6.45) is 4.45. The average Bonchev–Trinajstić information content (AvgIpc) is 2.74. The van der Waals surface area contributed by atoms with Gasteiger partial charge in [-0.2, -0.15) is 0 Å². The summed E-state index contributed by atoms with van der Waals surface area (Å²) in [6, 6.07) is 13.3. The number of nitrogens with one attached hydrogen (secondary N) is 1. The zero-order chi connectivity index (χ0) is 21.3. The van der Waals surface area contributed by atoms with E-state index in [1.807, 2.05) is 36.4 Å². The van der Waals surface area contributed by atoms with E-state index < -0.39 is 6.03 Å². The molecule has 0 saturated carbocycles. The molecule has 1 aliphatic heterocycles. The number of methoxy groups -OCH3 is 1. The first-order valence-electron chi connectivity index (χ1n) is 10.5. The number of nitrogens with two attached hydrogens (primary N) is 1. The number of carbonyl (C=O) groups excluding carboxylic acids is 1. The molecule has 2 aromatic rings. The summed E-state index contributed by atoms with van der Waals surface area (Å²) in [5.41, 5.74) is 8.18. The summed E-state index contributed by atoms with van der Waals surface area (Å²) < 4.78 is 5.27. The van der Waals surface area contributed by atoms with Crippen LogP contribution in [0.3, 0.4) is 0 Å². The lowest BCUT2D eigenvalue weighted by Gasteiger charge is -2.36. The number of nitrogens with zero attached hydrogens (tertiary/aromatic N) is 2. The molecular formula is C23H31ClN4O2. The van der Waals surface area contributed by atoms with Crippen molar-refractivity contribution in [3.63, 3.8) is 0 Å². The SMILES string of the molecule is COc1ccc(CCCCCN2CCN(c3ccccc3Cl)CC2)cc1NC(N)=O. The molecule has 3 N–H and O–H groups in total. The summed E-state index contributed by atoms with van der Waals surface area (Å²) in [7, 11) is 1.58. The van der Waals surface area contributed by atoms with Crippen molar-refractivity contribution in [2.24, 2.45) is 5.73 Å². The molecule has 1 heterocycles. The van der Waals surface area contributed by atoms with Crippen LogP contribution < -0.4 is 20.7 Å². The highest BCUT2D eigenvalue weighted by Gasteiger charge is 2.18. The Hall–Kier alpha value is -2.44. The molecule has 1 saturated heterocycles. The lowest BCUT2D eigenvalue weighted by molar-refractivity contribution is 0.252. The van der Waals surface area contributed by atoms with E-state index in [0.29, 0.717) is 11.4 Å². The number of rotatable bonds is 9. The summed E-state index contributed by atoms with van der Waals surface area (Å²) in [5, 5.41) is 3.46. The van der Waals surface area contributed by atoms with Gasteiger partial charge in [-0.3, -0.25) is 4.90 Å². The number of halogens is 1. The molecule has 0 spiro atoms. The van der Waals surface area contributed by atoms with Gasteiger partial charge in [0, 0.05) is 26.2 Å². The molecule has 1 fully saturated rings. The van der Waals surface area contributed by atoms with E-state index in [1.54, 1.807) is 7.11 Å². The van der Waals surface area contributed by atoms with Crippen molar-refractivity contribution in [2.45, 2.75) is 25.7 Å². The van der Waals surface area contributed by atoms with Gasteiger partial charge in [-0.05, 0) is 55.6 Å². The highest BCUT2D eigenvalue weighted by molar-refractivity contribution is 6.33. The topological polar surface area (TPSA) is 70.8 Å². The number of hydrogen-bond donors (Lipinski definition) is 2. The predicted molar refractivity (Wildman–Crippen MR) is 124 cm³/mol. The second-order valence-corrected chi connectivity index (χ2v) is 8.02. The Morgan fingerprint density at radius 1 is 1.10 bits per heavy atom. The molecule has 0 atom stereocenters. The molecule has 30 heavy (non-hydrogen) atoms. The highest BCUT2D eigenvalue weighted by atomic mass is 35.5. The summed E-state index contributed by atoms with van der Waals surface area (Å²) >= 11 is 6.33. The Bertz CT molecular complexity index is 838. The largest absolute Gasteiger partial charge is 0.495 e. The third-order valence-corrected chi connectivity index (χ3v) is 5.85. The van der Waals surface area contributed by atoms with Crippen LogP contribution in [0.15, 0.2) is 42.5 Å². The molecule has 1 aliphatic rings. The first kappa shape index (κ1) is 22.2. The van der Waals surface area contributed by atoms with Gasteiger partial charge >= 0.3 is 6.03 Å². The van der Waals surface area contributed by atoms with Crippen LogP contribution in [0.2, 0.25) is 5.02 Å². The number of aryl methyl sites for hydroxylation is 1. The highest BCUT2D eigenvalue weighted by Crippen LogP contribution is 2.27. The smallest absolute Gasteiger partial charge is 0.316 e. The van der Waals surface area contributed by atoms with Crippen LogP contribution in [0.1, 0.15) is 24.8 Å². The van der Waals surface area contributed by atoms with Gasteiger partial charge in [0.05, 0.1) is 23.5 Å². The van der Waals surface area contributed by atoms with Crippen molar-refractivity contribution in [2.75, 3.05) is 50.1 Å². The van der Waals surface area contributed by atoms with Crippen molar-refractivity contribution in [1.82, 2.24) is 4.90 Å². The Labute approximate surface area is 183 Å². The molecular weight excluding hydrogens is 400 g/mol. The first-order chi connectivity index (χ1) is 14.6. The molecule has 6 nitrogen and oxygen atoms in total. The molecule has 162 valence electrons. The van der Waals surface area contributed by atoms with Gasteiger partial charge in [0.15, 0.2) is 0 Å². The van der Waals surface area contributed by atoms with E-state index in [2.05, 4.69) is 21.2 Å². The molecule has 7 heteroatoms. The normalized spacial score (nSPS) is 14.5. The van der Waals surface area contributed by atoms with Crippen molar-refractivity contribution in [1.29, 1.82) is 0 Å². The minimum absolute atomic E-state index is 0.583. The number of hydrogen-bond acceptors (Lipinski definition) is 4. The fraction of sp³-hybridized carbons (Fsp3) is 0.435. The van der Waals surface area contributed by atoms with Crippen molar-refractivity contribution >= 4 is 29.0 Å². The van der Waals surface area contributed by atoms with Gasteiger partial charge in [0.1, 0.15) is 5.75 Å². The summed E-state index contributed by atoms with van der Waals surface area (Å²) in [4.78, 5) is 16.1. The maximum Gasteiger partial charge on any atom is 0.316 e. The minimum Gasteiger partial charge on any atom is -0.495 e. The van der Waals surface area contributed by atoms with E-state index in [0.717, 1.165) is 56.3 Å². The Kier molecular flexibility index (Phi) is 8.22. The second kappa shape index (κ2) is 11.1. The molecule has 2 amide bonds. The van der Waals surface area contributed by atoms with E-state index >= 15 is 0 Å². The standard InChI is InChI=1S/C23H31ClN4O2/c1-30-22-11-10-18(17-20(22)26-23(25)29)7-3-2-6-12-27-13-15-28(16-14-27)21-9-5-4-8-19(21)24/h4-5,8-11,17H,2-3,6-7,12-16H2,1H3,(H3,25,26,29). The lowest BCUT2D eigenvalue weighted by Crippen LogP contribution is -2.46. The van der Waals surface area contributed by atoms with E-state index in [4.69, 9.17) is 22.1 Å². The number of unbranched alkanes of at least 4 members (excludes halogenated alkanes) is 2. The molecule has 2 aromatic carbocycles. The quantitative estimate of drug-likeness (QED) is 0.579. The van der Waals surface area contributed by atoms with Crippen molar-refractivity contribution in [3.8, 4) is 5.75 Å². The van der Waals surface area contributed by atoms with Crippen molar-refractivity contribution < 1.29 is 9.53 Å². The summed E-state index contributed by atoms with van der Waals surface area (Å²) in [5.74, 6) is 0.619. The molecule has 0 aliphatic carbocycles. The van der Waals surface area contributed by atoms with Crippen LogP contribution in [0, 0.1) is 0 Å². The molecule has 0 radical (unpaired) electrons. The molecule has 0 unspecified atom stereocenters. The van der Waals surface area contributed by atoms with Gasteiger partial charge in [-0.15, -0.1) is 0 Å². The number of carbonyl (C=O) groups is 1. The van der Waals surface area contributed by atoms with Gasteiger partial charge in [-0.1, -0.05) is 36.2 Å².